The van der Waals surface area contributed by atoms with Gasteiger partial charge in [-0.2, -0.15) is 0 Å². The molecule has 1 aliphatic rings. The summed E-state index contributed by atoms with van der Waals surface area (Å²) in [5.41, 5.74) is 0. The molecule has 15 heavy (non-hydrogen) atoms. The van der Waals surface area contributed by atoms with E-state index in [1.54, 1.807) is 7.05 Å². The molecule has 0 radical (unpaired) electrons. The maximum absolute atomic E-state index is 10.4. The van der Waals surface area contributed by atoms with Gasteiger partial charge in [-0.25, -0.2) is 0 Å². The Labute approximate surface area is 92.8 Å². The van der Waals surface area contributed by atoms with Gasteiger partial charge < -0.3 is 15.4 Å². The van der Waals surface area contributed by atoms with E-state index in [4.69, 9.17) is 16.3 Å². The smallest absolute Gasteiger partial charge is 0.377 e. The van der Waals surface area contributed by atoms with E-state index < -0.39 is 10.1 Å². The molecule has 6 nitrogen and oxygen atoms in total. The molecule has 0 aromatic heterocycles. The number of nitrogens with zero attached hydrogens (tertiary/aromatic N) is 1. The molecule has 2 N–H and O–H groups in total. The molecular weight excluding hydrogens is 222 g/mol. The lowest BCUT2D eigenvalue weighted by Crippen LogP contribution is -2.30. The van der Waals surface area contributed by atoms with Crippen LogP contribution in [0, 0.1) is 16.0 Å². The molecule has 0 aromatic carbocycles. The van der Waals surface area contributed by atoms with Crippen LogP contribution in [0.1, 0.15) is 6.42 Å². The van der Waals surface area contributed by atoms with Crippen LogP contribution >= 0.6 is 11.6 Å². The van der Waals surface area contributed by atoms with Crippen LogP contribution in [0.15, 0.2) is 11.0 Å². The monoisotopic (exact) mass is 235 g/mol. The van der Waals surface area contributed by atoms with Crippen LogP contribution in [-0.4, -0.2) is 31.7 Å². The van der Waals surface area contributed by atoms with Crippen LogP contribution in [0.4, 0.5) is 0 Å². The third kappa shape index (κ3) is 3.56. The van der Waals surface area contributed by atoms with Gasteiger partial charge in [-0.3, -0.25) is 10.1 Å². The summed E-state index contributed by atoms with van der Waals surface area (Å²) in [6.45, 7) is 2.08. The van der Waals surface area contributed by atoms with Crippen molar-refractivity contribution in [2.75, 3.05) is 26.8 Å². The Morgan fingerprint density at radius 1 is 1.73 bits per heavy atom. The first-order valence-electron chi connectivity index (χ1n) is 4.68. The molecule has 1 unspecified atom stereocenters. The summed E-state index contributed by atoms with van der Waals surface area (Å²) >= 11 is 5.49. The molecule has 1 rings (SSSR count). The van der Waals surface area contributed by atoms with E-state index in [9.17, 15) is 10.1 Å². The van der Waals surface area contributed by atoms with Crippen molar-refractivity contribution in [1.82, 2.24) is 10.6 Å². The molecule has 0 saturated carbocycles. The van der Waals surface area contributed by atoms with Gasteiger partial charge in [0.05, 0.1) is 11.5 Å². The van der Waals surface area contributed by atoms with Crippen LogP contribution < -0.4 is 10.6 Å². The lowest BCUT2D eigenvalue weighted by Gasteiger charge is -2.12. The fourth-order valence-electron chi connectivity index (χ4n) is 1.35. The maximum atomic E-state index is 10.4. The van der Waals surface area contributed by atoms with Crippen molar-refractivity contribution in [2.24, 2.45) is 5.92 Å². The summed E-state index contributed by atoms with van der Waals surface area (Å²) in [6.07, 6.45) is 0.972. The normalized spacial score (nSPS) is 22.1. The first kappa shape index (κ1) is 12.1. The van der Waals surface area contributed by atoms with Gasteiger partial charge in [-0.1, -0.05) is 0 Å². The van der Waals surface area contributed by atoms with Crippen LogP contribution in [0.5, 0.6) is 0 Å². The number of nitrogens with one attached hydrogen (secondary N) is 2. The van der Waals surface area contributed by atoms with Crippen LogP contribution in [0.25, 0.3) is 0 Å². The van der Waals surface area contributed by atoms with E-state index in [0.29, 0.717) is 19.1 Å². The fourth-order valence-corrected chi connectivity index (χ4v) is 1.51. The first-order valence-corrected chi connectivity index (χ1v) is 5.06. The van der Waals surface area contributed by atoms with E-state index in [2.05, 4.69) is 10.6 Å². The quantitative estimate of drug-likeness (QED) is 0.412. The Balaban J connectivity index is 2.46. The van der Waals surface area contributed by atoms with Gasteiger partial charge >= 0.3 is 5.16 Å². The van der Waals surface area contributed by atoms with E-state index >= 15 is 0 Å². The lowest BCUT2D eigenvalue weighted by atomic mass is 10.1. The number of ether oxygens (including phenoxy) is 1. The lowest BCUT2D eigenvalue weighted by molar-refractivity contribution is -0.414. The zero-order chi connectivity index (χ0) is 11.3. The molecule has 1 heterocycles. The van der Waals surface area contributed by atoms with Gasteiger partial charge in [0, 0.05) is 26.1 Å². The number of rotatable bonds is 5. The highest BCUT2D eigenvalue weighted by Gasteiger charge is 2.18. The highest BCUT2D eigenvalue weighted by molar-refractivity contribution is 6.28. The van der Waals surface area contributed by atoms with Crippen LogP contribution in [-0.2, 0) is 4.74 Å². The van der Waals surface area contributed by atoms with Crippen LogP contribution in [0.3, 0.4) is 0 Å². The van der Waals surface area contributed by atoms with Gasteiger partial charge in [0.25, 0.3) is 0 Å². The van der Waals surface area contributed by atoms with Gasteiger partial charge in [-0.05, 0) is 18.0 Å². The molecule has 1 saturated heterocycles. The minimum Gasteiger partial charge on any atom is -0.381 e. The second-order valence-electron chi connectivity index (χ2n) is 3.28. The minimum atomic E-state index is -0.633. The summed E-state index contributed by atoms with van der Waals surface area (Å²) in [7, 11) is 1.58. The average Bonchev–Trinajstić information content (AvgIpc) is 2.71. The zero-order valence-electron chi connectivity index (χ0n) is 8.46. The SMILES string of the molecule is CNC(NCC1CCOC1)=C(Cl)[N+](=O)[O-]. The second kappa shape index (κ2) is 5.77. The van der Waals surface area contributed by atoms with Gasteiger partial charge in [0.2, 0.25) is 0 Å². The van der Waals surface area contributed by atoms with Crippen LogP contribution in [0.2, 0.25) is 0 Å². The van der Waals surface area contributed by atoms with Gasteiger partial charge in [0.15, 0.2) is 5.82 Å². The molecule has 0 aromatic rings. The van der Waals surface area contributed by atoms with Crippen molar-refractivity contribution >= 4 is 11.6 Å². The Bertz CT molecular complexity index is 264. The standard InChI is InChI=1S/C8H14ClN3O3/c1-10-8(7(9)12(13)14)11-4-6-2-3-15-5-6/h6,10-11H,2-5H2,1H3. The van der Waals surface area contributed by atoms with Gasteiger partial charge in [-0.15, -0.1) is 0 Å². The predicted molar refractivity (Wildman–Crippen MR) is 55.9 cm³/mol. The van der Waals surface area contributed by atoms with E-state index in [0.717, 1.165) is 13.0 Å². The summed E-state index contributed by atoms with van der Waals surface area (Å²) in [5.74, 6) is 0.637. The number of hydrogen-bond acceptors (Lipinski definition) is 5. The Morgan fingerprint density at radius 3 is 2.93 bits per heavy atom. The number of halogens is 1. The zero-order valence-corrected chi connectivity index (χ0v) is 9.21. The van der Waals surface area contributed by atoms with Crippen molar-refractivity contribution in [3.63, 3.8) is 0 Å². The molecule has 7 heteroatoms. The topological polar surface area (TPSA) is 76.4 Å². The molecule has 0 bridgehead atoms. The molecule has 0 spiro atoms. The number of hydrogen-bond donors (Lipinski definition) is 2. The third-order valence-electron chi connectivity index (χ3n) is 2.21. The second-order valence-corrected chi connectivity index (χ2v) is 3.64. The average molecular weight is 236 g/mol. The molecule has 1 fully saturated rings. The summed E-state index contributed by atoms with van der Waals surface area (Å²) in [4.78, 5) is 9.77. The van der Waals surface area contributed by atoms with Crippen molar-refractivity contribution in [3.8, 4) is 0 Å². The first-order chi connectivity index (χ1) is 7.15. The summed E-state index contributed by atoms with van der Waals surface area (Å²) in [5, 5.41) is 15.6. The van der Waals surface area contributed by atoms with E-state index in [1.807, 2.05) is 0 Å². The summed E-state index contributed by atoms with van der Waals surface area (Å²) in [6, 6.07) is 0. The van der Waals surface area contributed by atoms with E-state index in [1.165, 1.54) is 0 Å². The number of nitro groups is 1. The third-order valence-corrected chi connectivity index (χ3v) is 2.54. The van der Waals surface area contributed by atoms with Crippen molar-refractivity contribution in [1.29, 1.82) is 0 Å². The molecule has 0 aliphatic carbocycles. The van der Waals surface area contributed by atoms with Crippen molar-refractivity contribution < 1.29 is 9.66 Å². The fraction of sp³-hybridized carbons (Fsp3) is 0.750. The highest BCUT2D eigenvalue weighted by atomic mass is 35.5. The molecular formula is C8H14ClN3O3. The van der Waals surface area contributed by atoms with Gasteiger partial charge in [0.1, 0.15) is 0 Å². The molecule has 1 aliphatic heterocycles. The molecule has 0 amide bonds. The molecule has 86 valence electrons. The maximum Gasteiger partial charge on any atom is 0.377 e. The predicted octanol–water partition coefficient (Wildman–Crippen LogP) is 0.474. The van der Waals surface area contributed by atoms with E-state index in [-0.39, 0.29) is 5.82 Å². The Morgan fingerprint density at radius 2 is 2.47 bits per heavy atom. The summed E-state index contributed by atoms with van der Waals surface area (Å²) < 4.78 is 5.19. The highest BCUT2D eigenvalue weighted by Crippen LogP contribution is 2.12. The largest absolute Gasteiger partial charge is 0.381 e. The van der Waals surface area contributed by atoms with Crippen molar-refractivity contribution in [3.05, 3.63) is 21.1 Å². The minimum absolute atomic E-state index is 0.244. The Kier molecular flexibility index (Phi) is 4.64. The van der Waals surface area contributed by atoms with Crippen molar-refractivity contribution in [2.45, 2.75) is 6.42 Å². The Hall–Kier alpha value is -1.01. The molecule has 1 atom stereocenters.